The zero-order valence-corrected chi connectivity index (χ0v) is 17.9. The van der Waals surface area contributed by atoms with Gasteiger partial charge in [0.15, 0.2) is 6.23 Å². The number of hydrogen-bond donors (Lipinski definition) is 4. The fourth-order valence-corrected chi connectivity index (χ4v) is 4.10. The first kappa shape index (κ1) is 22.3. The first-order valence-electron chi connectivity index (χ1n) is 10.7. The van der Waals surface area contributed by atoms with E-state index in [-0.39, 0.29) is 12.1 Å². The molecule has 0 spiro atoms. The molecule has 0 saturated carbocycles. The molecule has 2 aromatic heterocycles. The van der Waals surface area contributed by atoms with Crippen molar-refractivity contribution in [3.63, 3.8) is 0 Å². The van der Waals surface area contributed by atoms with E-state index in [4.69, 9.17) is 9.72 Å². The average molecular weight is 465 g/mol. The highest BCUT2D eigenvalue weighted by Crippen LogP contribution is 2.28. The van der Waals surface area contributed by atoms with Crippen molar-refractivity contribution in [2.45, 2.75) is 37.2 Å². The lowest BCUT2D eigenvalue weighted by atomic mass is 9.98. The molecular formula is C23H23N5O6. The minimum absolute atomic E-state index is 0.0400. The van der Waals surface area contributed by atoms with E-state index in [1.807, 2.05) is 36.4 Å². The molecule has 176 valence electrons. The number of benzene rings is 2. The summed E-state index contributed by atoms with van der Waals surface area (Å²) in [6.45, 7) is -0.514. The topological polar surface area (TPSA) is 156 Å². The highest BCUT2D eigenvalue weighted by atomic mass is 16.6. The molecule has 11 nitrogen and oxygen atoms in total. The van der Waals surface area contributed by atoms with Crippen LogP contribution in [0, 0.1) is 0 Å². The molecule has 0 unspecified atom stereocenters. The van der Waals surface area contributed by atoms with Crippen LogP contribution in [0.2, 0.25) is 0 Å². The molecule has 11 heteroatoms. The summed E-state index contributed by atoms with van der Waals surface area (Å²) in [5.74, 6) is 0.465. The lowest BCUT2D eigenvalue weighted by Gasteiger charge is -2.39. The minimum atomic E-state index is -1.54. The fourth-order valence-electron chi connectivity index (χ4n) is 4.10. The van der Waals surface area contributed by atoms with Gasteiger partial charge in [-0.3, -0.25) is 9.36 Å². The van der Waals surface area contributed by atoms with E-state index in [9.17, 15) is 25.2 Å². The van der Waals surface area contributed by atoms with Crippen molar-refractivity contribution in [1.29, 1.82) is 0 Å². The Morgan fingerprint density at radius 3 is 2.44 bits per heavy atom. The highest BCUT2D eigenvalue weighted by molar-refractivity contribution is 5.79. The van der Waals surface area contributed by atoms with Gasteiger partial charge in [0, 0.05) is 5.56 Å². The van der Waals surface area contributed by atoms with Crippen LogP contribution in [0.15, 0.2) is 65.6 Å². The van der Waals surface area contributed by atoms with Gasteiger partial charge in [0.2, 0.25) is 0 Å². The summed E-state index contributed by atoms with van der Waals surface area (Å²) < 4.78 is 8.22. The van der Waals surface area contributed by atoms with Crippen LogP contribution in [0.4, 0.5) is 0 Å². The quantitative estimate of drug-likeness (QED) is 0.310. The van der Waals surface area contributed by atoms with Crippen molar-refractivity contribution in [2.24, 2.45) is 0 Å². The molecular weight excluding hydrogens is 442 g/mol. The van der Waals surface area contributed by atoms with E-state index in [2.05, 4.69) is 10.3 Å². The van der Waals surface area contributed by atoms with Crippen LogP contribution in [0.3, 0.4) is 0 Å². The van der Waals surface area contributed by atoms with Crippen molar-refractivity contribution < 1.29 is 25.2 Å². The summed E-state index contributed by atoms with van der Waals surface area (Å²) in [5.41, 5.74) is 1.47. The highest BCUT2D eigenvalue weighted by Gasteiger charge is 2.44. The van der Waals surface area contributed by atoms with E-state index in [0.717, 1.165) is 5.56 Å². The molecule has 5 rings (SSSR count). The second-order valence-corrected chi connectivity index (χ2v) is 8.12. The second kappa shape index (κ2) is 9.05. The van der Waals surface area contributed by atoms with Crippen LogP contribution in [0.1, 0.15) is 11.9 Å². The van der Waals surface area contributed by atoms with E-state index >= 15 is 0 Å². The predicted molar refractivity (Wildman–Crippen MR) is 120 cm³/mol. The molecule has 0 radical (unpaired) electrons. The number of aromatic nitrogens is 5. The van der Waals surface area contributed by atoms with Gasteiger partial charge in [0.25, 0.3) is 5.56 Å². The van der Waals surface area contributed by atoms with Gasteiger partial charge in [-0.1, -0.05) is 47.7 Å². The molecule has 0 bridgehead atoms. The van der Waals surface area contributed by atoms with Crippen LogP contribution >= 0.6 is 0 Å². The summed E-state index contributed by atoms with van der Waals surface area (Å²) in [4.78, 5) is 18.1. The monoisotopic (exact) mass is 465 g/mol. The van der Waals surface area contributed by atoms with Crippen LogP contribution < -0.4 is 5.56 Å². The maximum Gasteiger partial charge on any atom is 0.262 e. The molecule has 34 heavy (non-hydrogen) atoms. The van der Waals surface area contributed by atoms with Gasteiger partial charge in [-0.15, -0.1) is 5.10 Å². The Morgan fingerprint density at radius 2 is 1.68 bits per heavy atom. The SMILES string of the molecule is O=c1c2ccccc2nc(-c2ccccc2)n1Cc1cn([C@@H]2O[C@H](CO)[C@H](O)[C@H](O)[C@H]2O)nn1. The summed E-state index contributed by atoms with van der Waals surface area (Å²) >= 11 is 0. The van der Waals surface area contributed by atoms with Crippen LogP contribution in [-0.2, 0) is 11.3 Å². The largest absolute Gasteiger partial charge is 0.394 e. The van der Waals surface area contributed by atoms with E-state index in [1.165, 1.54) is 15.4 Å². The number of ether oxygens (including phenoxy) is 1. The second-order valence-electron chi connectivity index (χ2n) is 8.12. The number of aliphatic hydroxyl groups is 4. The predicted octanol–water partition coefficient (Wildman–Crippen LogP) is -0.324. The van der Waals surface area contributed by atoms with Gasteiger partial charge in [-0.2, -0.15) is 0 Å². The fraction of sp³-hybridized carbons (Fsp3) is 0.304. The Kier molecular flexibility index (Phi) is 5.94. The molecule has 3 heterocycles. The Balaban J connectivity index is 1.52. The zero-order chi connectivity index (χ0) is 23.8. The Bertz CT molecular complexity index is 1350. The Hall–Kier alpha value is -3.48. The van der Waals surface area contributed by atoms with Crippen LogP contribution in [-0.4, -0.2) is 76.0 Å². The molecule has 0 amide bonds. The van der Waals surface area contributed by atoms with Crippen molar-refractivity contribution in [3.05, 3.63) is 76.8 Å². The lowest BCUT2D eigenvalue weighted by molar-refractivity contribution is -0.254. The van der Waals surface area contributed by atoms with Gasteiger partial charge in [-0.25, -0.2) is 9.67 Å². The normalized spacial score (nSPS) is 25.0. The molecule has 1 fully saturated rings. The maximum absolute atomic E-state index is 13.4. The summed E-state index contributed by atoms with van der Waals surface area (Å²) in [6, 6.07) is 16.4. The lowest BCUT2D eigenvalue weighted by Crippen LogP contribution is -2.56. The van der Waals surface area contributed by atoms with Gasteiger partial charge in [-0.05, 0) is 12.1 Å². The van der Waals surface area contributed by atoms with Crippen molar-refractivity contribution in [3.8, 4) is 11.4 Å². The molecule has 1 aliphatic rings. The molecule has 1 saturated heterocycles. The number of hydrogen-bond acceptors (Lipinski definition) is 9. The van der Waals surface area contributed by atoms with E-state index in [0.29, 0.717) is 22.4 Å². The third-order valence-corrected chi connectivity index (χ3v) is 5.90. The molecule has 2 aromatic carbocycles. The average Bonchev–Trinajstić information content (AvgIpc) is 3.33. The van der Waals surface area contributed by atoms with Crippen molar-refractivity contribution >= 4 is 10.9 Å². The number of rotatable bonds is 5. The molecule has 4 aromatic rings. The Labute approximate surface area is 193 Å². The number of para-hydroxylation sites is 1. The first-order valence-corrected chi connectivity index (χ1v) is 10.7. The summed E-state index contributed by atoms with van der Waals surface area (Å²) in [5, 5.41) is 48.4. The number of aliphatic hydroxyl groups excluding tert-OH is 4. The molecule has 0 aliphatic carbocycles. The van der Waals surface area contributed by atoms with Gasteiger partial charge >= 0.3 is 0 Å². The maximum atomic E-state index is 13.4. The van der Waals surface area contributed by atoms with Crippen molar-refractivity contribution in [1.82, 2.24) is 24.5 Å². The zero-order valence-electron chi connectivity index (χ0n) is 17.9. The van der Waals surface area contributed by atoms with Crippen LogP contribution in [0.25, 0.3) is 22.3 Å². The minimum Gasteiger partial charge on any atom is -0.394 e. The van der Waals surface area contributed by atoms with E-state index in [1.54, 1.807) is 18.2 Å². The van der Waals surface area contributed by atoms with Gasteiger partial charge < -0.3 is 25.2 Å². The Morgan fingerprint density at radius 1 is 0.941 bits per heavy atom. The molecule has 5 atom stereocenters. The third-order valence-electron chi connectivity index (χ3n) is 5.90. The number of fused-ring (bicyclic) bond motifs is 1. The van der Waals surface area contributed by atoms with Crippen molar-refractivity contribution in [2.75, 3.05) is 6.61 Å². The standard InChI is InChI=1S/C23H23N5O6/c29-12-17-18(30)19(31)20(32)23(34-17)28-11-14(25-26-28)10-27-21(13-6-2-1-3-7-13)24-16-9-5-4-8-15(16)22(27)33/h1-9,11,17-20,23,29-32H,10,12H2/t17-,18+,19+,20-,23-/m1/s1. The van der Waals surface area contributed by atoms with Crippen LogP contribution in [0.5, 0.6) is 0 Å². The summed E-state index contributed by atoms with van der Waals surface area (Å²) in [6.07, 6.45) is -5.30. The molecule has 1 aliphatic heterocycles. The number of nitrogens with zero attached hydrogens (tertiary/aromatic N) is 5. The summed E-state index contributed by atoms with van der Waals surface area (Å²) in [7, 11) is 0. The smallest absolute Gasteiger partial charge is 0.262 e. The molecule has 4 N–H and O–H groups in total. The first-order chi connectivity index (χ1) is 16.5. The van der Waals surface area contributed by atoms with E-state index < -0.39 is 37.3 Å². The van der Waals surface area contributed by atoms with Gasteiger partial charge in [0.1, 0.15) is 35.9 Å². The third kappa shape index (κ3) is 3.89. The van der Waals surface area contributed by atoms with Gasteiger partial charge in [0.05, 0.1) is 30.3 Å².